The van der Waals surface area contributed by atoms with Gasteiger partial charge in [-0.15, -0.1) is 11.6 Å². The van der Waals surface area contributed by atoms with Crippen molar-refractivity contribution in [1.29, 1.82) is 0 Å². The molecule has 2 aromatic rings. The van der Waals surface area contributed by atoms with Gasteiger partial charge in [0.1, 0.15) is 5.82 Å². The summed E-state index contributed by atoms with van der Waals surface area (Å²) < 4.78 is 18.2. The minimum Gasteiger partial charge on any atom is -0.334 e. The summed E-state index contributed by atoms with van der Waals surface area (Å²) in [5.74, 6) is -0.0673. The molecule has 0 amide bonds. The van der Waals surface area contributed by atoms with Crippen LogP contribution in [0.1, 0.15) is 5.82 Å². The molecule has 0 spiro atoms. The van der Waals surface area contributed by atoms with Gasteiger partial charge in [0, 0.05) is 0 Å². The summed E-state index contributed by atoms with van der Waals surface area (Å²) in [7, 11) is 0. The van der Waals surface area contributed by atoms with Gasteiger partial charge in [0.05, 0.1) is 16.5 Å². The first-order chi connectivity index (χ1) is 7.22. The molecule has 15 heavy (non-hydrogen) atoms. The number of rotatable bonds is 2. The SMILES string of the molecule is Fc1cccc(Cl)c1-c1nc(CCl)no1. The average molecular weight is 247 g/mol. The Labute approximate surface area is 94.8 Å². The van der Waals surface area contributed by atoms with Gasteiger partial charge in [-0.1, -0.05) is 22.8 Å². The van der Waals surface area contributed by atoms with Crippen LogP contribution in [0.2, 0.25) is 5.02 Å². The molecule has 1 aromatic carbocycles. The Hall–Kier alpha value is -1.13. The van der Waals surface area contributed by atoms with E-state index in [-0.39, 0.29) is 22.4 Å². The van der Waals surface area contributed by atoms with E-state index in [1.807, 2.05) is 0 Å². The van der Waals surface area contributed by atoms with Crippen LogP contribution in [0.4, 0.5) is 4.39 Å². The lowest BCUT2D eigenvalue weighted by molar-refractivity contribution is 0.422. The Balaban J connectivity index is 2.53. The minimum atomic E-state index is -0.507. The quantitative estimate of drug-likeness (QED) is 0.764. The lowest BCUT2D eigenvalue weighted by atomic mass is 10.2. The Morgan fingerprint density at radius 3 is 2.80 bits per heavy atom. The van der Waals surface area contributed by atoms with Crippen LogP contribution in [0, 0.1) is 5.82 Å². The summed E-state index contributed by atoms with van der Waals surface area (Å²) in [6.07, 6.45) is 0. The molecule has 78 valence electrons. The molecule has 0 bridgehead atoms. The molecule has 0 aliphatic carbocycles. The molecule has 0 radical (unpaired) electrons. The number of hydrogen-bond acceptors (Lipinski definition) is 3. The summed E-state index contributed by atoms with van der Waals surface area (Å²) in [5.41, 5.74) is 0.100. The third-order valence-electron chi connectivity index (χ3n) is 1.76. The molecule has 0 atom stereocenters. The molecule has 1 heterocycles. The zero-order valence-corrected chi connectivity index (χ0v) is 8.89. The standard InChI is InChI=1S/C9H5Cl2FN2O/c10-4-7-13-9(15-14-7)8-5(11)2-1-3-6(8)12/h1-3H,4H2. The molecule has 0 fully saturated rings. The summed E-state index contributed by atoms with van der Waals surface area (Å²) in [4.78, 5) is 3.89. The van der Waals surface area contributed by atoms with Crippen molar-refractivity contribution in [2.75, 3.05) is 0 Å². The number of hydrogen-bond donors (Lipinski definition) is 0. The van der Waals surface area contributed by atoms with Gasteiger partial charge in [0.2, 0.25) is 0 Å². The molecule has 0 aliphatic heterocycles. The minimum absolute atomic E-state index is 0.0359. The van der Waals surface area contributed by atoms with Crippen molar-refractivity contribution in [2.45, 2.75) is 5.88 Å². The van der Waals surface area contributed by atoms with Gasteiger partial charge in [-0.05, 0) is 12.1 Å². The van der Waals surface area contributed by atoms with E-state index >= 15 is 0 Å². The fourth-order valence-electron chi connectivity index (χ4n) is 1.11. The van der Waals surface area contributed by atoms with Crippen LogP contribution in [0.5, 0.6) is 0 Å². The number of aromatic nitrogens is 2. The van der Waals surface area contributed by atoms with Gasteiger partial charge in [0.25, 0.3) is 5.89 Å². The van der Waals surface area contributed by atoms with Gasteiger partial charge in [0.15, 0.2) is 5.82 Å². The van der Waals surface area contributed by atoms with Gasteiger partial charge < -0.3 is 4.52 Å². The van der Waals surface area contributed by atoms with E-state index in [0.717, 1.165) is 0 Å². The lowest BCUT2D eigenvalue weighted by Gasteiger charge is -1.98. The van der Waals surface area contributed by atoms with Gasteiger partial charge in [-0.2, -0.15) is 4.98 Å². The highest BCUT2D eigenvalue weighted by Gasteiger charge is 2.16. The highest BCUT2D eigenvalue weighted by atomic mass is 35.5. The number of alkyl halides is 1. The molecular formula is C9H5Cl2FN2O. The Bertz CT molecular complexity index is 466. The van der Waals surface area contributed by atoms with E-state index in [0.29, 0.717) is 5.82 Å². The van der Waals surface area contributed by atoms with Crippen molar-refractivity contribution in [3.8, 4) is 11.5 Å². The zero-order valence-electron chi connectivity index (χ0n) is 7.38. The van der Waals surface area contributed by atoms with Crippen molar-refractivity contribution < 1.29 is 8.91 Å². The number of benzene rings is 1. The van der Waals surface area contributed by atoms with Gasteiger partial charge in [-0.3, -0.25) is 0 Å². The average Bonchev–Trinajstić information content (AvgIpc) is 2.66. The van der Waals surface area contributed by atoms with E-state index in [4.69, 9.17) is 27.7 Å². The highest BCUT2D eigenvalue weighted by molar-refractivity contribution is 6.33. The number of halogens is 3. The van der Waals surface area contributed by atoms with Crippen molar-refractivity contribution in [3.63, 3.8) is 0 Å². The molecule has 6 heteroatoms. The van der Waals surface area contributed by atoms with E-state index in [9.17, 15) is 4.39 Å². The predicted octanol–water partition coefficient (Wildman–Crippen LogP) is 3.27. The fraction of sp³-hybridized carbons (Fsp3) is 0.111. The third-order valence-corrected chi connectivity index (χ3v) is 2.32. The second-order valence-corrected chi connectivity index (χ2v) is 3.42. The molecule has 0 N–H and O–H groups in total. The fourth-order valence-corrected chi connectivity index (χ4v) is 1.46. The summed E-state index contributed by atoms with van der Waals surface area (Å²) in [6, 6.07) is 4.32. The van der Waals surface area contributed by atoms with E-state index < -0.39 is 5.82 Å². The maximum atomic E-state index is 13.4. The van der Waals surface area contributed by atoms with Crippen molar-refractivity contribution in [2.24, 2.45) is 0 Å². The first-order valence-electron chi connectivity index (χ1n) is 4.05. The molecule has 2 rings (SSSR count). The molecule has 0 saturated heterocycles. The van der Waals surface area contributed by atoms with E-state index in [2.05, 4.69) is 10.1 Å². The Morgan fingerprint density at radius 2 is 2.20 bits per heavy atom. The normalized spacial score (nSPS) is 10.6. The maximum Gasteiger partial charge on any atom is 0.262 e. The first kappa shape index (κ1) is 10.4. The van der Waals surface area contributed by atoms with Crippen molar-refractivity contribution in [3.05, 3.63) is 34.9 Å². The van der Waals surface area contributed by atoms with Gasteiger partial charge >= 0.3 is 0 Å². The summed E-state index contributed by atoms with van der Waals surface area (Å²) >= 11 is 11.3. The lowest BCUT2D eigenvalue weighted by Crippen LogP contribution is -1.86. The van der Waals surface area contributed by atoms with Crippen LogP contribution >= 0.6 is 23.2 Å². The van der Waals surface area contributed by atoms with Gasteiger partial charge in [-0.25, -0.2) is 4.39 Å². The van der Waals surface area contributed by atoms with E-state index in [1.54, 1.807) is 6.07 Å². The molecule has 0 unspecified atom stereocenters. The second kappa shape index (κ2) is 4.16. The summed E-state index contributed by atoms with van der Waals surface area (Å²) in [6.45, 7) is 0. The Kier molecular flexibility index (Phi) is 2.88. The zero-order chi connectivity index (χ0) is 10.8. The predicted molar refractivity (Wildman–Crippen MR) is 54.3 cm³/mol. The monoisotopic (exact) mass is 246 g/mol. The first-order valence-corrected chi connectivity index (χ1v) is 4.96. The second-order valence-electron chi connectivity index (χ2n) is 2.75. The molecule has 3 nitrogen and oxygen atoms in total. The topological polar surface area (TPSA) is 38.9 Å². The molecular weight excluding hydrogens is 242 g/mol. The largest absolute Gasteiger partial charge is 0.334 e. The Morgan fingerprint density at radius 1 is 1.40 bits per heavy atom. The smallest absolute Gasteiger partial charge is 0.262 e. The molecule has 0 aliphatic rings. The van der Waals surface area contributed by atoms with Crippen LogP contribution in [0.15, 0.2) is 22.7 Å². The summed E-state index contributed by atoms with van der Waals surface area (Å²) in [5, 5.41) is 3.77. The molecule has 0 saturated carbocycles. The van der Waals surface area contributed by atoms with Crippen molar-refractivity contribution in [1.82, 2.24) is 10.1 Å². The maximum absolute atomic E-state index is 13.4. The third kappa shape index (κ3) is 1.96. The van der Waals surface area contributed by atoms with E-state index in [1.165, 1.54) is 12.1 Å². The van der Waals surface area contributed by atoms with Crippen LogP contribution in [0.25, 0.3) is 11.5 Å². The van der Waals surface area contributed by atoms with Crippen LogP contribution in [-0.2, 0) is 5.88 Å². The van der Waals surface area contributed by atoms with Crippen LogP contribution in [-0.4, -0.2) is 10.1 Å². The van der Waals surface area contributed by atoms with Crippen LogP contribution < -0.4 is 0 Å². The molecule has 1 aromatic heterocycles. The van der Waals surface area contributed by atoms with Crippen LogP contribution in [0.3, 0.4) is 0 Å². The highest BCUT2D eigenvalue weighted by Crippen LogP contribution is 2.29. The number of nitrogens with zero attached hydrogens (tertiary/aromatic N) is 2. The van der Waals surface area contributed by atoms with Crippen molar-refractivity contribution >= 4 is 23.2 Å².